The van der Waals surface area contributed by atoms with Gasteiger partial charge in [0.25, 0.3) is 0 Å². The van der Waals surface area contributed by atoms with E-state index in [4.69, 9.17) is 5.10 Å². The highest BCUT2D eigenvalue weighted by Gasteiger charge is 2.47. The summed E-state index contributed by atoms with van der Waals surface area (Å²) in [5, 5.41) is 7.41. The zero-order valence-corrected chi connectivity index (χ0v) is 21.6. The molecule has 3 rings (SSSR count). The highest BCUT2D eigenvalue weighted by Crippen LogP contribution is 2.46. The summed E-state index contributed by atoms with van der Waals surface area (Å²) >= 11 is 0. The maximum absolute atomic E-state index is 5.23. The molecular formula is C28H42N2. The van der Waals surface area contributed by atoms with Crippen molar-refractivity contribution in [2.24, 2.45) is 5.10 Å². The molecule has 0 saturated heterocycles. The quantitative estimate of drug-likeness (QED) is 0.484. The first-order valence-electron chi connectivity index (χ1n) is 11.3. The summed E-state index contributed by atoms with van der Waals surface area (Å²) in [6, 6.07) is 6.74. The molecule has 164 valence electrons. The van der Waals surface area contributed by atoms with E-state index in [0.717, 1.165) is 5.71 Å². The van der Waals surface area contributed by atoms with Gasteiger partial charge >= 0.3 is 0 Å². The van der Waals surface area contributed by atoms with Crippen molar-refractivity contribution in [3.8, 4) is 0 Å². The van der Waals surface area contributed by atoms with Crippen LogP contribution in [0.1, 0.15) is 91.6 Å². The van der Waals surface area contributed by atoms with E-state index < -0.39 is 0 Å². The van der Waals surface area contributed by atoms with Crippen molar-refractivity contribution in [1.82, 2.24) is 5.01 Å². The van der Waals surface area contributed by atoms with Gasteiger partial charge in [0.15, 0.2) is 0 Å². The molecule has 0 fully saturated rings. The summed E-state index contributed by atoms with van der Waals surface area (Å²) in [7, 11) is 2.12. The average molecular weight is 407 g/mol. The first kappa shape index (κ1) is 24.2. The van der Waals surface area contributed by atoms with Crippen LogP contribution in [0.3, 0.4) is 0 Å². The number of hydrogen-bond donors (Lipinski definition) is 0. The molecule has 2 aromatic rings. The molecule has 0 bridgehead atoms. The van der Waals surface area contributed by atoms with Crippen molar-refractivity contribution in [3.05, 3.63) is 68.3 Å². The lowest BCUT2D eigenvalue weighted by atomic mass is 9.65. The molecule has 0 unspecified atom stereocenters. The molecule has 1 heterocycles. The summed E-state index contributed by atoms with van der Waals surface area (Å²) in [4.78, 5) is 0. The number of hydrazone groups is 1. The van der Waals surface area contributed by atoms with Gasteiger partial charge in [-0.2, -0.15) is 5.10 Å². The first-order valence-corrected chi connectivity index (χ1v) is 11.3. The molecule has 0 saturated carbocycles. The number of benzene rings is 2. The second kappa shape index (κ2) is 8.21. The van der Waals surface area contributed by atoms with Gasteiger partial charge in [0, 0.05) is 23.6 Å². The number of hydrogen-bond acceptors (Lipinski definition) is 2. The fraction of sp³-hybridized carbons (Fsp3) is 0.536. The minimum atomic E-state index is -0.123. The largest absolute Gasteiger partial charge is 0.293 e. The van der Waals surface area contributed by atoms with E-state index in [1.807, 2.05) is 13.8 Å². The Balaban J connectivity index is 0.00000155. The molecule has 2 aromatic carbocycles. The number of aryl methyl sites for hydroxylation is 2. The molecule has 0 amide bonds. The van der Waals surface area contributed by atoms with Gasteiger partial charge in [-0.3, -0.25) is 5.01 Å². The molecule has 0 radical (unpaired) electrons. The Morgan fingerprint density at radius 1 is 0.733 bits per heavy atom. The molecule has 1 aliphatic heterocycles. The molecule has 0 spiro atoms. The van der Waals surface area contributed by atoms with Crippen LogP contribution in [0.4, 0.5) is 0 Å². The van der Waals surface area contributed by atoms with Gasteiger partial charge in [0.1, 0.15) is 0 Å². The number of nitrogens with zero attached hydrogens (tertiary/aromatic N) is 2. The highest BCUT2D eigenvalue weighted by molar-refractivity contribution is 6.15. The number of fused-ring (bicyclic) bond motifs is 1. The molecule has 0 aromatic heterocycles. The molecule has 2 nitrogen and oxygen atoms in total. The highest BCUT2D eigenvalue weighted by atomic mass is 15.5. The van der Waals surface area contributed by atoms with Crippen LogP contribution in [-0.2, 0) is 5.41 Å². The maximum atomic E-state index is 5.23. The predicted octanol–water partition coefficient (Wildman–Crippen LogP) is 7.32. The Hall–Kier alpha value is -2.09. The van der Waals surface area contributed by atoms with Crippen LogP contribution >= 0.6 is 0 Å². The summed E-state index contributed by atoms with van der Waals surface area (Å²) in [6.07, 6.45) is 0. The number of likely N-dealkylation sites (N-methyl/N-ethyl adjacent to an activating group) is 1. The molecule has 0 N–H and O–H groups in total. The third-order valence-corrected chi connectivity index (χ3v) is 7.92. The Labute approximate surface area is 185 Å². The van der Waals surface area contributed by atoms with Crippen LogP contribution in [0, 0.1) is 41.5 Å². The van der Waals surface area contributed by atoms with Crippen LogP contribution in [0.25, 0.3) is 0 Å². The minimum absolute atomic E-state index is 0.0601. The van der Waals surface area contributed by atoms with Crippen molar-refractivity contribution in [2.45, 2.75) is 94.0 Å². The monoisotopic (exact) mass is 406 g/mol. The summed E-state index contributed by atoms with van der Waals surface area (Å²) in [6.45, 7) is 26.8. The van der Waals surface area contributed by atoms with Crippen LogP contribution in [-0.4, -0.2) is 23.3 Å². The van der Waals surface area contributed by atoms with Crippen LogP contribution in [0.2, 0.25) is 0 Å². The van der Waals surface area contributed by atoms with Crippen molar-refractivity contribution in [2.75, 3.05) is 7.05 Å². The SMILES string of the molecule is CC.Cc1ccc(C2=NN(C)C(C)(C)C(C)(C)c3c(C)c(C)c(C)c(C)c32)cc1C. The lowest BCUT2D eigenvalue weighted by molar-refractivity contribution is 0.0861. The van der Waals surface area contributed by atoms with Crippen LogP contribution in [0.15, 0.2) is 23.3 Å². The Bertz CT molecular complexity index is 990. The van der Waals surface area contributed by atoms with Gasteiger partial charge < -0.3 is 0 Å². The van der Waals surface area contributed by atoms with Crippen molar-refractivity contribution in [3.63, 3.8) is 0 Å². The van der Waals surface area contributed by atoms with Gasteiger partial charge in [-0.05, 0) is 100 Å². The first-order chi connectivity index (χ1) is 13.8. The zero-order valence-electron chi connectivity index (χ0n) is 21.6. The van der Waals surface area contributed by atoms with Crippen LogP contribution < -0.4 is 0 Å². The molecule has 1 aliphatic rings. The molecule has 0 aliphatic carbocycles. The second-order valence-corrected chi connectivity index (χ2v) is 9.71. The predicted molar refractivity (Wildman–Crippen MR) is 133 cm³/mol. The van der Waals surface area contributed by atoms with E-state index in [9.17, 15) is 0 Å². The van der Waals surface area contributed by atoms with Gasteiger partial charge in [-0.1, -0.05) is 39.8 Å². The van der Waals surface area contributed by atoms with E-state index in [2.05, 4.69) is 99.5 Å². The van der Waals surface area contributed by atoms with E-state index in [1.165, 1.54) is 50.1 Å². The Kier molecular flexibility index (Phi) is 6.62. The minimum Gasteiger partial charge on any atom is -0.293 e. The summed E-state index contributed by atoms with van der Waals surface area (Å²) in [5.74, 6) is 0. The third-order valence-electron chi connectivity index (χ3n) is 7.92. The Morgan fingerprint density at radius 2 is 1.27 bits per heavy atom. The summed E-state index contributed by atoms with van der Waals surface area (Å²) in [5.41, 5.74) is 13.1. The fourth-order valence-corrected chi connectivity index (χ4v) is 4.52. The topological polar surface area (TPSA) is 15.6 Å². The summed E-state index contributed by atoms with van der Waals surface area (Å²) < 4.78 is 0. The van der Waals surface area contributed by atoms with Gasteiger partial charge in [-0.15, -0.1) is 0 Å². The van der Waals surface area contributed by atoms with Crippen LogP contribution in [0.5, 0.6) is 0 Å². The molecular weight excluding hydrogens is 364 g/mol. The second-order valence-electron chi connectivity index (χ2n) is 9.71. The van der Waals surface area contributed by atoms with E-state index in [1.54, 1.807) is 0 Å². The Morgan fingerprint density at radius 3 is 1.80 bits per heavy atom. The van der Waals surface area contributed by atoms with E-state index in [0.29, 0.717) is 0 Å². The zero-order chi connectivity index (χ0) is 23.2. The molecule has 2 heteroatoms. The van der Waals surface area contributed by atoms with E-state index in [-0.39, 0.29) is 11.0 Å². The van der Waals surface area contributed by atoms with Gasteiger partial charge in [-0.25, -0.2) is 0 Å². The lowest BCUT2D eigenvalue weighted by Crippen LogP contribution is -2.52. The van der Waals surface area contributed by atoms with Crippen molar-refractivity contribution >= 4 is 5.71 Å². The molecule has 0 atom stereocenters. The normalized spacial score (nSPS) is 16.8. The van der Waals surface area contributed by atoms with Gasteiger partial charge in [0.2, 0.25) is 0 Å². The number of rotatable bonds is 1. The van der Waals surface area contributed by atoms with Crippen molar-refractivity contribution in [1.29, 1.82) is 0 Å². The standard InChI is InChI=1S/C26H36N2.C2H6/c1-15-12-13-21(14-16(15)2)24-22-19(5)17(3)18(4)20(6)23(22)25(7,8)26(9,10)28(11)27-24;1-2/h12-14H,1-11H3;1-2H3. The molecule has 30 heavy (non-hydrogen) atoms. The van der Waals surface area contributed by atoms with Gasteiger partial charge in [0.05, 0.1) is 11.3 Å². The fourth-order valence-electron chi connectivity index (χ4n) is 4.52. The maximum Gasteiger partial charge on any atom is 0.0982 e. The van der Waals surface area contributed by atoms with Crippen molar-refractivity contribution < 1.29 is 0 Å². The van der Waals surface area contributed by atoms with E-state index >= 15 is 0 Å². The third kappa shape index (κ3) is 3.49. The smallest absolute Gasteiger partial charge is 0.0982 e. The average Bonchev–Trinajstić information content (AvgIpc) is 2.75. The lowest BCUT2D eigenvalue weighted by Gasteiger charge is -2.46.